The normalized spacial score (nSPS) is 14.9. The number of aliphatic hydroxyl groups is 1. The molecule has 0 saturated carbocycles. The summed E-state index contributed by atoms with van der Waals surface area (Å²) in [7, 11) is -4.76. The van der Waals surface area contributed by atoms with E-state index in [2.05, 4.69) is 78.4 Å². The first-order chi connectivity index (χ1) is 23.1. The van der Waals surface area contributed by atoms with Crippen LogP contribution in [-0.2, 0) is 32.7 Å². The zero-order valence-corrected chi connectivity index (χ0v) is 29.6. The van der Waals surface area contributed by atoms with Gasteiger partial charge in [-0.2, -0.15) is 0 Å². The summed E-state index contributed by atoms with van der Waals surface area (Å²) in [5, 5.41) is 21.5. The van der Waals surface area contributed by atoms with Gasteiger partial charge in [-0.05, 0) is 51.4 Å². The van der Waals surface area contributed by atoms with E-state index >= 15 is 0 Å². The lowest BCUT2D eigenvalue weighted by atomic mass is 10.1. The van der Waals surface area contributed by atoms with Gasteiger partial charge in [-0.25, -0.2) is 9.36 Å². The van der Waals surface area contributed by atoms with Crippen LogP contribution in [0.15, 0.2) is 72.9 Å². The molecule has 272 valence electrons. The number of amides is 1. The van der Waals surface area contributed by atoms with Crippen molar-refractivity contribution in [2.45, 2.75) is 116 Å². The van der Waals surface area contributed by atoms with Gasteiger partial charge >= 0.3 is 19.8 Å². The number of phosphoric ester groups is 1. The van der Waals surface area contributed by atoms with Crippen LogP contribution < -0.4 is 5.32 Å². The number of aliphatic carboxylic acids is 1. The Hall–Kier alpha value is -3.08. The van der Waals surface area contributed by atoms with Crippen LogP contribution in [-0.4, -0.2) is 64.9 Å². The van der Waals surface area contributed by atoms with E-state index in [1.54, 1.807) is 0 Å². The number of nitrogens with one attached hydrogen (secondary N) is 1. The lowest BCUT2D eigenvalue weighted by molar-refractivity contribution is -0.147. The van der Waals surface area contributed by atoms with Crippen LogP contribution in [0.4, 0.5) is 0 Å². The van der Waals surface area contributed by atoms with Gasteiger partial charge in [0.05, 0.1) is 13.2 Å². The van der Waals surface area contributed by atoms with Crippen molar-refractivity contribution in [3.05, 3.63) is 72.9 Å². The number of hydrogen-bond acceptors (Lipinski definition) is 8. The molecule has 0 heterocycles. The van der Waals surface area contributed by atoms with Crippen LogP contribution in [0.1, 0.15) is 104 Å². The van der Waals surface area contributed by atoms with Crippen molar-refractivity contribution >= 4 is 25.7 Å². The van der Waals surface area contributed by atoms with E-state index in [0.717, 1.165) is 57.8 Å². The van der Waals surface area contributed by atoms with E-state index < -0.39 is 57.6 Å². The van der Waals surface area contributed by atoms with Crippen LogP contribution in [0, 0.1) is 0 Å². The molecule has 3 unspecified atom stereocenters. The first-order valence-electron chi connectivity index (χ1n) is 17.0. The van der Waals surface area contributed by atoms with Crippen molar-refractivity contribution in [3.8, 4) is 0 Å². The molecule has 0 aromatic heterocycles. The maximum Gasteiger partial charge on any atom is 0.472 e. The van der Waals surface area contributed by atoms with Crippen LogP contribution in [0.2, 0.25) is 0 Å². The van der Waals surface area contributed by atoms with Gasteiger partial charge < -0.3 is 25.2 Å². The highest BCUT2D eigenvalue weighted by Crippen LogP contribution is 2.43. The first-order valence-corrected chi connectivity index (χ1v) is 18.5. The van der Waals surface area contributed by atoms with E-state index in [4.69, 9.17) is 9.26 Å². The maximum atomic E-state index is 12.2. The number of esters is 1. The second kappa shape index (κ2) is 31.2. The molecular weight excluding hydrogens is 637 g/mol. The molecule has 0 radical (unpaired) electrons. The van der Waals surface area contributed by atoms with Gasteiger partial charge in [0.25, 0.3) is 0 Å². The third kappa shape index (κ3) is 30.3. The van der Waals surface area contributed by atoms with Crippen LogP contribution in [0.3, 0.4) is 0 Å². The summed E-state index contributed by atoms with van der Waals surface area (Å²) < 4.78 is 26.4. The Labute approximate surface area is 287 Å². The SMILES string of the molecule is CC/C=C\C/C=C\C/C=C\C/C=C\C/C=C\C/C=C\CCC(=O)NC(COP(=O)(O)OCC(O)COC(=O)CCCCCCC)C(=O)O. The number of hydrogen-bond donors (Lipinski definition) is 4. The van der Waals surface area contributed by atoms with Crippen molar-refractivity contribution < 1.29 is 47.8 Å². The number of phosphoric acid groups is 1. The standard InChI is InChI=1S/C36H58NO10P/c1-3-5-7-9-10-11-12-13-14-15-16-17-18-19-20-21-22-24-25-27-34(39)37-33(36(41)42)31-47-48(43,44)46-30-32(38)29-45-35(40)28-26-23-8-6-4-2/h5,7,10-11,13-14,16-17,19-20,22,24,32-33,38H,3-4,6,8-9,12,15,18,21,23,25-31H2,1-2H3,(H,37,39)(H,41,42)(H,43,44)/b7-5-,11-10-,14-13-,17-16-,20-19-,24-22-. The molecular formula is C36H58NO10P. The molecule has 0 fully saturated rings. The Morgan fingerprint density at radius 2 is 1.19 bits per heavy atom. The van der Waals surface area contributed by atoms with Crippen molar-refractivity contribution in [3.63, 3.8) is 0 Å². The highest BCUT2D eigenvalue weighted by atomic mass is 31.2. The summed E-state index contributed by atoms with van der Waals surface area (Å²) in [6, 6.07) is -1.59. The van der Waals surface area contributed by atoms with E-state index in [9.17, 15) is 34.1 Å². The van der Waals surface area contributed by atoms with Gasteiger partial charge in [0, 0.05) is 12.8 Å². The number of carboxylic acid groups (broad SMARTS) is 1. The van der Waals surface area contributed by atoms with Crippen molar-refractivity contribution in [2.24, 2.45) is 0 Å². The molecule has 11 nitrogen and oxygen atoms in total. The number of allylic oxidation sites excluding steroid dienone is 12. The molecule has 0 spiro atoms. The number of carboxylic acids is 1. The fourth-order valence-corrected chi connectivity index (χ4v) is 4.64. The highest BCUT2D eigenvalue weighted by Gasteiger charge is 2.28. The maximum absolute atomic E-state index is 12.2. The molecule has 48 heavy (non-hydrogen) atoms. The number of rotatable bonds is 30. The largest absolute Gasteiger partial charge is 0.480 e. The lowest BCUT2D eigenvalue weighted by Gasteiger charge is -2.18. The fraction of sp³-hybridized carbons (Fsp3) is 0.583. The molecule has 0 rings (SSSR count). The molecule has 0 bridgehead atoms. The van der Waals surface area contributed by atoms with E-state index in [1.165, 1.54) is 0 Å². The quantitative estimate of drug-likeness (QED) is 0.0257. The average molecular weight is 696 g/mol. The Balaban J connectivity index is 4.16. The Kier molecular flexibility index (Phi) is 29.2. The predicted molar refractivity (Wildman–Crippen MR) is 189 cm³/mol. The van der Waals surface area contributed by atoms with Gasteiger partial charge in [-0.1, -0.05) is 112 Å². The topological polar surface area (TPSA) is 169 Å². The first kappa shape index (κ1) is 44.9. The average Bonchev–Trinajstić information content (AvgIpc) is 3.05. The van der Waals surface area contributed by atoms with Gasteiger partial charge in [-0.15, -0.1) is 0 Å². The van der Waals surface area contributed by atoms with Gasteiger partial charge in [0.15, 0.2) is 6.04 Å². The van der Waals surface area contributed by atoms with Crippen molar-refractivity contribution in [1.29, 1.82) is 0 Å². The molecule has 0 saturated heterocycles. The summed E-state index contributed by atoms with van der Waals surface area (Å²) in [5.41, 5.74) is 0. The Bertz CT molecular complexity index is 1100. The number of carbonyl (C=O) groups is 3. The summed E-state index contributed by atoms with van der Waals surface area (Å²) in [5.74, 6) is -2.52. The summed E-state index contributed by atoms with van der Waals surface area (Å²) in [4.78, 5) is 45.3. The molecule has 3 atom stereocenters. The Morgan fingerprint density at radius 1 is 0.688 bits per heavy atom. The molecule has 0 aromatic rings. The third-order valence-corrected chi connectivity index (χ3v) is 7.47. The van der Waals surface area contributed by atoms with Gasteiger partial charge in [0.1, 0.15) is 12.7 Å². The van der Waals surface area contributed by atoms with Crippen LogP contribution in [0.5, 0.6) is 0 Å². The van der Waals surface area contributed by atoms with E-state index in [0.29, 0.717) is 19.3 Å². The molecule has 12 heteroatoms. The monoisotopic (exact) mass is 695 g/mol. The second-order valence-corrected chi connectivity index (χ2v) is 12.4. The number of aliphatic hydroxyl groups excluding tert-OH is 1. The highest BCUT2D eigenvalue weighted by molar-refractivity contribution is 7.47. The van der Waals surface area contributed by atoms with E-state index in [1.807, 2.05) is 18.2 Å². The smallest absolute Gasteiger partial charge is 0.472 e. The third-order valence-electron chi connectivity index (χ3n) is 6.52. The molecule has 0 aliphatic heterocycles. The number of ether oxygens (including phenoxy) is 1. The van der Waals surface area contributed by atoms with Crippen LogP contribution >= 0.6 is 7.82 Å². The van der Waals surface area contributed by atoms with Gasteiger partial charge in [0.2, 0.25) is 5.91 Å². The van der Waals surface area contributed by atoms with Gasteiger partial charge in [-0.3, -0.25) is 18.6 Å². The minimum atomic E-state index is -4.76. The molecule has 4 N–H and O–H groups in total. The van der Waals surface area contributed by atoms with E-state index in [-0.39, 0.29) is 12.8 Å². The van der Waals surface area contributed by atoms with Crippen molar-refractivity contribution in [1.82, 2.24) is 5.32 Å². The summed E-state index contributed by atoms with van der Waals surface area (Å²) >= 11 is 0. The second-order valence-electron chi connectivity index (χ2n) is 11.0. The summed E-state index contributed by atoms with van der Waals surface area (Å²) in [6.07, 6.45) is 34.4. The molecule has 0 aliphatic carbocycles. The molecule has 0 aromatic carbocycles. The number of unbranched alkanes of at least 4 members (excludes halogenated alkanes) is 4. The van der Waals surface area contributed by atoms with Crippen LogP contribution in [0.25, 0.3) is 0 Å². The fourth-order valence-electron chi connectivity index (χ4n) is 3.86. The molecule has 0 aliphatic rings. The minimum Gasteiger partial charge on any atom is -0.480 e. The zero-order chi connectivity index (χ0) is 35.7. The predicted octanol–water partition coefficient (Wildman–Crippen LogP) is 7.43. The summed E-state index contributed by atoms with van der Waals surface area (Å²) in [6.45, 7) is 2.26. The number of carbonyl (C=O) groups excluding carboxylic acids is 2. The molecule has 1 amide bonds. The lowest BCUT2D eigenvalue weighted by Crippen LogP contribution is -2.43. The Morgan fingerprint density at radius 3 is 1.71 bits per heavy atom. The minimum absolute atomic E-state index is 0.0168. The zero-order valence-electron chi connectivity index (χ0n) is 28.8. The van der Waals surface area contributed by atoms with Crippen molar-refractivity contribution in [2.75, 3.05) is 19.8 Å².